The summed E-state index contributed by atoms with van der Waals surface area (Å²) in [4.78, 5) is 50.9. The maximum atomic E-state index is 13.2. The van der Waals surface area contributed by atoms with E-state index in [1.54, 1.807) is 19.9 Å². The smallest absolute Gasteiger partial charge is 0.326 e. The summed E-state index contributed by atoms with van der Waals surface area (Å²) in [5, 5.41) is 41.8. The van der Waals surface area contributed by atoms with Crippen LogP contribution in [-0.2, 0) is 47.6 Å². The van der Waals surface area contributed by atoms with Crippen LogP contribution in [-0.4, -0.2) is 127 Å². The van der Waals surface area contributed by atoms with Crippen molar-refractivity contribution in [2.75, 3.05) is 46.7 Å². The van der Waals surface area contributed by atoms with Crippen molar-refractivity contribution in [3.63, 3.8) is 0 Å². The third kappa shape index (κ3) is 9.07. The number of hydrogen-bond donors (Lipinski definition) is 5. The number of esters is 2. The number of aliphatic hydroxyl groups is 4. The lowest BCUT2D eigenvalue weighted by atomic mass is 9.67. The molecule has 3 aliphatic carbocycles. The molecule has 1 spiro atoms. The number of ketones is 1. The minimum Gasteiger partial charge on any atom is -0.460 e. The molecule has 3 rings (SSSR count). The van der Waals surface area contributed by atoms with Crippen LogP contribution in [0.3, 0.4) is 0 Å². The Morgan fingerprint density at radius 2 is 1.60 bits per heavy atom. The van der Waals surface area contributed by atoms with Crippen LogP contribution in [0.4, 0.5) is 0 Å². The number of nitrogens with one attached hydrogen (secondary N) is 1. The number of aliphatic hydroxyl groups excluding tert-OH is 3. The van der Waals surface area contributed by atoms with Gasteiger partial charge >= 0.3 is 11.9 Å². The molecule has 6 atom stereocenters. The molecule has 0 aromatic rings. The van der Waals surface area contributed by atoms with Gasteiger partial charge < -0.3 is 54.2 Å². The Labute approximate surface area is 280 Å². The fourth-order valence-corrected chi connectivity index (χ4v) is 6.15. The van der Waals surface area contributed by atoms with E-state index in [1.165, 1.54) is 7.11 Å². The summed E-state index contributed by atoms with van der Waals surface area (Å²) in [7, 11) is 1.32. The lowest BCUT2D eigenvalue weighted by Crippen LogP contribution is -2.50. The highest BCUT2D eigenvalue weighted by Crippen LogP contribution is 2.65. The lowest BCUT2D eigenvalue weighted by Gasteiger charge is -2.40. The summed E-state index contributed by atoms with van der Waals surface area (Å²) in [5.41, 5.74) is -1.09. The lowest BCUT2D eigenvalue weighted by molar-refractivity contribution is -0.236. The van der Waals surface area contributed by atoms with Crippen molar-refractivity contribution in [3.05, 3.63) is 22.8 Å². The largest absolute Gasteiger partial charge is 0.460 e. The van der Waals surface area contributed by atoms with E-state index in [2.05, 4.69) is 5.32 Å². The SMILES string of the molecule is CCC(CO)OC(COC(=O)CCC(=O)NCC(=O)O[C@H]1C2=C(C)C3(CC3)[C@](C)(O)C(=O)C2=CC1(C)C)OCC(CO)OC(CO)OC. The first kappa shape index (κ1) is 39.7. The zero-order chi connectivity index (χ0) is 35.9. The second kappa shape index (κ2) is 16.8. The van der Waals surface area contributed by atoms with Gasteiger partial charge in [-0.05, 0) is 33.1 Å². The maximum Gasteiger partial charge on any atom is 0.326 e. The van der Waals surface area contributed by atoms with Gasteiger partial charge in [0.05, 0.1) is 39.0 Å². The van der Waals surface area contributed by atoms with Crippen LogP contribution >= 0.6 is 0 Å². The number of hydrogen-bond acceptors (Lipinski definition) is 14. The molecule has 272 valence electrons. The first-order chi connectivity index (χ1) is 22.6. The highest BCUT2D eigenvalue weighted by molar-refractivity contribution is 6.09. The van der Waals surface area contributed by atoms with Crippen molar-refractivity contribution in [2.45, 2.75) is 103 Å². The highest BCUT2D eigenvalue weighted by Gasteiger charge is 2.66. The Morgan fingerprint density at radius 3 is 2.17 bits per heavy atom. The topological polar surface area (TPSA) is 217 Å². The van der Waals surface area contributed by atoms with E-state index in [9.17, 15) is 39.6 Å². The molecule has 1 fully saturated rings. The summed E-state index contributed by atoms with van der Waals surface area (Å²) in [6.07, 6.45) is -1.55. The van der Waals surface area contributed by atoms with Crippen LogP contribution in [0.5, 0.6) is 0 Å². The van der Waals surface area contributed by atoms with Gasteiger partial charge in [-0.15, -0.1) is 0 Å². The van der Waals surface area contributed by atoms with Gasteiger partial charge in [-0.25, -0.2) is 0 Å². The second-order valence-corrected chi connectivity index (χ2v) is 13.1. The van der Waals surface area contributed by atoms with E-state index in [1.807, 2.05) is 20.8 Å². The summed E-state index contributed by atoms with van der Waals surface area (Å²) in [5.74, 6) is -2.45. The fourth-order valence-electron chi connectivity index (χ4n) is 6.15. The third-order valence-corrected chi connectivity index (χ3v) is 9.28. The maximum absolute atomic E-state index is 13.2. The fraction of sp³-hybridized carbons (Fsp3) is 0.758. The zero-order valence-corrected chi connectivity index (χ0v) is 28.6. The van der Waals surface area contributed by atoms with Gasteiger partial charge in [0.2, 0.25) is 5.91 Å². The number of fused-ring (bicyclic) bond motifs is 1. The molecule has 0 heterocycles. The zero-order valence-electron chi connectivity index (χ0n) is 28.6. The molecule has 48 heavy (non-hydrogen) atoms. The number of rotatable bonds is 20. The summed E-state index contributed by atoms with van der Waals surface area (Å²) >= 11 is 0. The molecule has 1 amide bonds. The van der Waals surface area contributed by atoms with Crippen molar-refractivity contribution in [3.8, 4) is 0 Å². The molecule has 4 unspecified atom stereocenters. The minimum absolute atomic E-state index is 0.219. The molecule has 15 nitrogen and oxygen atoms in total. The molecule has 0 aromatic carbocycles. The van der Waals surface area contributed by atoms with E-state index in [-0.39, 0.29) is 31.8 Å². The standard InChI is InChI=1S/C33H51NO14/c1-7-20(14-35)46-27(45-17-21(15-36)47-26(16-37)43-6)18-44-24(39)9-8-23(38)34-13-25(40)48-30-28-19(2)33(10-11-33)32(5,42)29(41)22(28)12-31(30,3)4/h12,20-21,26-27,30,35-37,42H,7-11,13-18H2,1-6H3,(H,34,38)/t20?,21?,26?,27?,30-,32+/m0/s1. The highest BCUT2D eigenvalue weighted by atomic mass is 16.7. The molecule has 3 aliphatic rings. The van der Waals surface area contributed by atoms with Crippen LogP contribution in [0.15, 0.2) is 22.8 Å². The molecule has 0 bridgehead atoms. The molecule has 15 heteroatoms. The Balaban J connectivity index is 1.48. The average Bonchev–Trinajstić information content (AvgIpc) is 3.83. The van der Waals surface area contributed by atoms with Crippen LogP contribution in [0, 0.1) is 10.8 Å². The molecular weight excluding hydrogens is 634 g/mol. The second-order valence-electron chi connectivity index (χ2n) is 13.1. The predicted octanol–water partition coefficient (Wildman–Crippen LogP) is 0.207. The normalized spacial score (nSPS) is 24.8. The van der Waals surface area contributed by atoms with Gasteiger partial charge in [0.15, 0.2) is 18.4 Å². The number of ether oxygens (including phenoxy) is 6. The van der Waals surface area contributed by atoms with Crippen molar-refractivity contribution in [1.29, 1.82) is 0 Å². The molecule has 1 saturated carbocycles. The average molecular weight is 686 g/mol. The van der Waals surface area contributed by atoms with Crippen LogP contribution in [0.25, 0.3) is 0 Å². The van der Waals surface area contributed by atoms with Crippen molar-refractivity contribution < 1.29 is 68.0 Å². The van der Waals surface area contributed by atoms with Gasteiger partial charge in [-0.2, -0.15) is 0 Å². The van der Waals surface area contributed by atoms with E-state index < -0.39 is 91.5 Å². The number of carbonyl (C=O) groups is 4. The molecular formula is C33H51NO14. The van der Waals surface area contributed by atoms with Crippen LogP contribution < -0.4 is 5.32 Å². The summed E-state index contributed by atoms with van der Waals surface area (Å²) < 4.78 is 32.5. The predicted molar refractivity (Wildman–Crippen MR) is 167 cm³/mol. The van der Waals surface area contributed by atoms with E-state index in [0.29, 0.717) is 30.4 Å². The van der Waals surface area contributed by atoms with Crippen molar-refractivity contribution >= 4 is 23.6 Å². The molecule has 0 radical (unpaired) electrons. The monoisotopic (exact) mass is 685 g/mol. The van der Waals surface area contributed by atoms with Gasteiger partial charge in [0.1, 0.15) is 31.0 Å². The Morgan fingerprint density at radius 1 is 0.958 bits per heavy atom. The number of Topliss-reactive ketones (excluding diaryl/α,β-unsaturated/α-hetero) is 1. The molecule has 5 N–H and O–H groups in total. The van der Waals surface area contributed by atoms with Gasteiger partial charge in [0, 0.05) is 35.5 Å². The van der Waals surface area contributed by atoms with E-state index in [4.69, 9.17) is 28.4 Å². The van der Waals surface area contributed by atoms with Crippen molar-refractivity contribution in [1.82, 2.24) is 5.32 Å². The molecule has 0 aromatic heterocycles. The van der Waals surface area contributed by atoms with Gasteiger partial charge in [-0.3, -0.25) is 19.2 Å². The molecule has 0 aliphatic heterocycles. The molecule has 0 saturated heterocycles. The van der Waals surface area contributed by atoms with Gasteiger partial charge in [0.25, 0.3) is 0 Å². The quantitative estimate of drug-likeness (QED) is 0.0856. The van der Waals surface area contributed by atoms with Crippen LogP contribution in [0.1, 0.15) is 66.7 Å². The third-order valence-electron chi connectivity index (χ3n) is 9.28. The number of amides is 1. The van der Waals surface area contributed by atoms with E-state index >= 15 is 0 Å². The van der Waals surface area contributed by atoms with E-state index in [0.717, 1.165) is 5.57 Å². The number of carbonyl (C=O) groups excluding carboxylic acids is 4. The van der Waals surface area contributed by atoms with Crippen molar-refractivity contribution in [2.24, 2.45) is 10.8 Å². The summed E-state index contributed by atoms with van der Waals surface area (Å²) in [6, 6.07) is 0. The summed E-state index contributed by atoms with van der Waals surface area (Å²) in [6.45, 7) is 6.54. The Hall–Kier alpha value is -2.76. The first-order valence-corrected chi connectivity index (χ1v) is 16.2. The number of methoxy groups -OCH3 is 1. The minimum atomic E-state index is -1.53. The first-order valence-electron chi connectivity index (χ1n) is 16.2. The van der Waals surface area contributed by atoms with Gasteiger partial charge in [-0.1, -0.05) is 32.4 Å². The van der Waals surface area contributed by atoms with Crippen LogP contribution in [0.2, 0.25) is 0 Å². The Bertz CT molecular complexity index is 1230. The Kier molecular flexibility index (Phi) is 13.9.